The molecule has 2 N–H and O–H groups in total. The number of hydrogen-bond acceptors (Lipinski definition) is 5. The van der Waals surface area contributed by atoms with Gasteiger partial charge in [0.2, 0.25) is 0 Å². The molecule has 2 heterocycles. The summed E-state index contributed by atoms with van der Waals surface area (Å²) in [5.74, 6) is 0. The van der Waals surface area contributed by atoms with Crippen LogP contribution in [0.4, 0.5) is 4.79 Å². The summed E-state index contributed by atoms with van der Waals surface area (Å²) in [5.41, 5.74) is 1.31. The smallest absolute Gasteiger partial charge is 0.407 e. The summed E-state index contributed by atoms with van der Waals surface area (Å²) in [5, 5.41) is 14.4. The molecule has 0 spiro atoms. The van der Waals surface area contributed by atoms with Crippen LogP contribution in [0, 0.1) is 0 Å². The maximum atomic E-state index is 11.4. The van der Waals surface area contributed by atoms with E-state index in [1.165, 1.54) is 10.9 Å². The van der Waals surface area contributed by atoms with Crippen molar-refractivity contribution in [1.29, 1.82) is 0 Å². The van der Waals surface area contributed by atoms with Gasteiger partial charge >= 0.3 is 6.09 Å². The third-order valence-electron chi connectivity index (χ3n) is 4.88. The Balaban J connectivity index is 1.45. The summed E-state index contributed by atoms with van der Waals surface area (Å²) < 4.78 is 10.4. The summed E-state index contributed by atoms with van der Waals surface area (Å²) in [6, 6.07) is 8.07. The number of nitrogens with one attached hydrogen (secondary N) is 1. The molecule has 1 aromatic heterocycles. The van der Waals surface area contributed by atoms with E-state index in [0.29, 0.717) is 19.4 Å². The van der Waals surface area contributed by atoms with Crippen molar-refractivity contribution in [2.24, 2.45) is 0 Å². The van der Waals surface area contributed by atoms with Crippen molar-refractivity contribution >= 4 is 17.1 Å². The summed E-state index contributed by atoms with van der Waals surface area (Å²) in [6.07, 6.45) is 3.59. The number of carbonyl (C=O) groups excluding carboxylic acids is 1. The minimum absolute atomic E-state index is 0.242. The van der Waals surface area contributed by atoms with Crippen LogP contribution >= 0.6 is 0 Å². The molecule has 6 heteroatoms. The molecule has 3 rings (SSSR count). The Kier molecular flexibility index (Phi) is 5.60. The second-order valence-electron chi connectivity index (χ2n) is 6.65. The van der Waals surface area contributed by atoms with Gasteiger partial charge in [-0.1, -0.05) is 18.2 Å². The number of likely N-dealkylation sites (tertiary alicyclic amines) is 1. The van der Waals surface area contributed by atoms with E-state index >= 15 is 0 Å². The van der Waals surface area contributed by atoms with Gasteiger partial charge in [-0.3, -0.25) is 0 Å². The summed E-state index contributed by atoms with van der Waals surface area (Å²) in [4.78, 5) is 13.7. The van der Waals surface area contributed by atoms with Gasteiger partial charge < -0.3 is 24.5 Å². The molecule has 1 saturated heterocycles. The number of ether oxygens (including phenoxy) is 1. The maximum absolute atomic E-state index is 11.4. The molecule has 2 aromatic rings. The van der Waals surface area contributed by atoms with Gasteiger partial charge in [-0.2, -0.15) is 0 Å². The fourth-order valence-electron chi connectivity index (χ4n) is 3.29. The van der Waals surface area contributed by atoms with E-state index in [1.54, 1.807) is 6.92 Å². The zero-order valence-corrected chi connectivity index (χ0v) is 14.7. The predicted molar refractivity (Wildman–Crippen MR) is 95.6 cm³/mol. The molecule has 6 nitrogen and oxygen atoms in total. The second-order valence-corrected chi connectivity index (χ2v) is 6.65. The number of furan rings is 1. The van der Waals surface area contributed by atoms with Crippen molar-refractivity contribution in [3.8, 4) is 0 Å². The summed E-state index contributed by atoms with van der Waals surface area (Å²) in [6.45, 7) is 4.90. The average Bonchev–Trinajstić information content (AvgIpc) is 3.03. The number of piperidine rings is 1. The second kappa shape index (κ2) is 7.89. The zero-order chi connectivity index (χ0) is 17.7. The lowest BCUT2D eigenvalue weighted by atomic mass is 9.91. The number of fused-ring (bicyclic) bond motifs is 1. The molecule has 136 valence electrons. The molecule has 0 aliphatic carbocycles. The van der Waals surface area contributed by atoms with E-state index in [1.807, 2.05) is 24.5 Å². The van der Waals surface area contributed by atoms with Crippen LogP contribution in [0.5, 0.6) is 0 Å². The number of para-hydroxylation sites is 1. The first-order valence-electron chi connectivity index (χ1n) is 8.90. The predicted octanol–water partition coefficient (Wildman–Crippen LogP) is 2.55. The van der Waals surface area contributed by atoms with Gasteiger partial charge in [0.25, 0.3) is 0 Å². The molecule has 1 aliphatic rings. The maximum Gasteiger partial charge on any atom is 0.407 e. The normalized spacial score (nSPS) is 17.5. The Morgan fingerprint density at radius 2 is 2.12 bits per heavy atom. The molecular formula is C19H26N2O4. The van der Waals surface area contributed by atoms with Crippen molar-refractivity contribution in [1.82, 2.24) is 10.2 Å². The van der Waals surface area contributed by atoms with Crippen LogP contribution in [0.15, 0.2) is 34.9 Å². The van der Waals surface area contributed by atoms with Gasteiger partial charge in [-0.25, -0.2) is 4.79 Å². The third-order valence-corrected chi connectivity index (χ3v) is 4.88. The molecule has 0 bridgehead atoms. The summed E-state index contributed by atoms with van der Waals surface area (Å²) >= 11 is 0. The van der Waals surface area contributed by atoms with Crippen LogP contribution in [-0.4, -0.2) is 54.5 Å². The number of rotatable bonds is 6. The largest absolute Gasteiger partial charge is 0.464 e. The topological polar surface area (TPSA) is 74.9 Å². The van der Waals surface area contributed by atoms with Gasteiger partial charge in [-0.15, -0.1) is 0 Å². The highest BCUT2D eigenvalue weighted by Gasteiger charge is 2.32. The van der Waals surface area contributed by atoms with Crippen LogP contribution in [0.3, 0.4) is 0 Å². The van der Waals surface area contributed by atoms with E-state index < -0.39 is 11.7 Å². The Hall–Kier alpha value is -2.05. The highest BCUT2D eigenvalue weighted by atomic mass is 16.5. The van der Waals surface area contributed by atoms with E-state index in [9.17, 15) is 9.90 Å². The molecule has 0 radical (unpaired) electrons. The summed E-state index contributed by atoms with van der Waals surface area (Å²) in [7, 11) is 0. The van der Waals surface area contributed by atoms with Gasteiger partial charge in [0, 0.05) is 31.6 Å². The number of nitrogens with zero attached hydrogens (tertiary/aromatic N) is 1. The molecule has 1 aliphatic heterocycles. The Labute approximate surface area is 147 Å². The van der Waals surface area contributed by atoms with E-state index in [4.69, 9.17) is 9.15 Å². The Morgan fingerprint density at radius 3 is 2.88 bits per heavy atom. The lowest BCUT2D eigenvalue weighted by molar-refractivity contribution is -0.0194. The Morgan fingerprint density at radius 1 is 1.36 bits per heavy atom. The lowest BCUT2D eigenvalue weighted by Gasteiger charge is -2.38. The fourth-order valence-corrected chi connectivity index (χ4v) is 3.29. The number of benzene rings is 1. The molecule has 0 unspecified atom stereocenters. The average molecular weight is 346 g/mol. The zero-order valence-electron chi connectivity index (χ0n) is 14.7. The SMILES string of the molecule is CCOC(=O)NCC1(O)CCN(CCc2coc3ccccc23)CC1. The van der Waals surface area contributed by atoms with Gasteiger partial charge in [0.1, 0.15) is 5.58 Å². The first kappa shape index (κ1) is 17.8. The van der Waals surface area contributed by atoms with Crippen LogP contribution in [0.1, 0.15) is 25.3 Å². The first-order valence-corrected chi connectivity index (χ1v) is 8.90. The third kappa shape index (κ3) is 4.52. The molecule has 1 amide bonds. The number of hydrogen-bond donors (Lipinski definition) is 2. The fraction of sp³-hybridized carbons (Fsp3) is 0.526. The van der Waals surface area contributed by atoms with Crippen molar-refractivity contribution in [3.63, 3.8) is 0 Å². The van der Waals surface area contributed by atoms with Gasteiger partial charge in [0.05, 0.1) is 18.5 Å². The van der Waals surface area contributed by atoms with Crippen molar-refractivity contribution in [2.45, 2.75) is 31.8 Å². The monoisotopic (exact) mass is 346 g/mol. The van der Waals surface area contributed by atoms with Crippen LogP contribution in [-0.2, 0) is 11.2 Å². The number of carbonyl (C=O) groups is 1. The van der Waals surface area contributed by atoms with Crippen LogP contribution < -0.4 is 5.32 Å². The van der Waals surface area contributed by atoms with Crippen molar-refractivity contribution in [2.75, 3.05) is 32.8 Å². The van der Waals surface area contributed by atoms with E-state index in [2.05, 4.69) is 16.3 Å². The highest BCUT2D eigenvalue weighted by Crippen LogP contribution is 2.24. The molecular weight excluding hydrogens is 320 g/mol. The van der Waals surface area contributed by atoms with E-state index in [-0.39, 0.29) is 6.54 Å². The number of alkyl carbamates (subject to hydrolysis) is 1. The molecule has 0 atom stereocenters. The molecule has 0 saturated carbocycles. The quantitative estimate of drug-likeness (QED) is 0.841. The lowest BCUT2D eigenvalue weighted by Crippen LogP contribution is -2.51. The van der Waals surface area contributed by atoms with Crippen molar-refractivity contribution < 1.29 is 19.1 Å². The minimum Gasteiger partial charge on any atom is -0.464 e. The standard InChI is InChI=1S/C19H26N2O4/c1-2-24-18(22)20-14-19(23)8-11-21(12-9-19)10-7-15-13-25-17-6-4-3-5-16(15)17/h3-6,13,23H,2,7-12,14H2,1H3,(H,20,22). The molecule has 1 fully saturated rings. The Bertz CT molecular complexity index is 704. The molecule has 25 heavy (non-hydrogen) atoms. The van der Waals surface area contributed by atoms with Gasteiger partial charge in [0.15, 0.2) is 0 Å². The number of amides is 1. The van der Waals surface area contributed by atoms with Crippen LogP contribution in [0.2, 0.25) is 0 Å². The minimum atomic E-state index is -0.842. The highest BCUT2D eigenvalue weighted by molar-refractivity contribution is 5.80. The van der Waals surface area contributed by atoms with Crippen molar-refractivity contribution in [3.05, 3.63) is 36.1 Å². The van der Waals surface area contributed by atoms with Gasteiger partial charge in [-0.05, 0) is 37.8 Å². The number of aliphatic hydroxyl groups is 1. The molecule has 1 aromatic carbocycles. The van der Waals surface area contributed by atoms with E-state index in [0.717, 1.165) is 31.6 Å². The van der Waals surface area contributed by atoms with Crippen LogP contribution in [0.25, 0.3) is 11.0 Å². The first-order chi connectivity index (χ1) is 12.1.